The fraction of sp³-hybridized carbons (Fsp3) is 0.400. The van der Waals surface area contributed by atoms with Crippen LogP contribution < -0.4 is 4.74 Å². The molecule has 1 aromatic rings. The van der Waals surface area contributed by atoms with Gasteiger partial charge in [-0.05, 0) is 34.1 Å². The molecular weight excluding hydrogens is 387 g/mol. The van der Waals surface area contributed by atoms with Crippen molar-refractivity contribution >= 4 is 15.9 Å². The predicted octanol–water partition coefficient (Wildman–Crippen LogP) is 5.34. The van der Waals surface area contributed by atoms with E-state index in [1.165, 1.54) is 0 Å². The molecule has 0 unspecified atom stereocenters. The lowest BCUT2D eigenvalue weighted by molar-refractivity contribution is -0.300. The van der Waals surface area contributed by atoms with Crippen LogP contribution in [-0.4, -0.2) is 18.5 Å². The van der Waals surface area contributed by atoms with Gasteiger partial charge in [0.15, 0.2) is 0 Å². The molecule has 0 fully saturated rings. The van der Waals surface area contributed by atoms with E-state index in [1.54, 1.807) is 0 Å². The van der Waals surface area contributed by atoms with Gasteiger partial charge < -0.3 is 4.74 Å². The first kappa shape index (κ1) is 17.9. The number of ether oxygens (including phenoxy) is 1. The van der Waals surface area contributed by atoms with Gasteiger partial charge in [-0.1, -0.05) is 0 Å². The van der Waals surface area contributed by atoms with E-state index in [4.69, 9.17) is 0 Å². The Hall–Kier alpha value is -1.13. The third-order valence-corrected chi connectivity index (χ3v) is 2.72. The molecule has 0 radical (unpaired) electrons. The van der Waals surface area contributed by atoms with Crippen LogP contribution in [0.3, 0.4) is 0 Å². The van der Waals surface area contributed by atoms with Crippen molar-refractivity contribution < 1.29 is 44.3 Å². The summed E-state index contributed by atoms with van der Waals surface area (Å²) in [6, 6.07) is 1.00. The maximum absolute atomic E-state index is 12.3. The summed E-state index contributed by atoms with van der Waals surface area (Å²) in [7, 11) is 0. The molecule has 21 heavy (non-hydrogen) atoms. The van der Waals surface area contributed by atoms with Crippen molar-refractivity contribution in [2.45, 2.75) is 24.6 Å². The molecule has 1 rings (SSSR count). The second kappa shape index (κ2) is 5.58. The summed E-state index contributed by atoms with van der Waals surface area (Å²) in [5, 5.41) is 0. The maximum Gasteiger partial charge on any atom is 0.434 e. The molecule has 0 saturated heterocycles. The summed E-state index contributed by atoms with van der Waals surface area (Å²) in [5.74, 6) is -1.01. The van der Waals surface area contributed by atoms with Crippen molar-refractivity contribution in [2.24, 2.45) is 0 Å². The largest absolute Gasteiger partial charge is 0.470 e. The van der Waals surface area contributed by atoms with Gasteiger partial charge in [-0.3, -0.25) is 0 Å². The lowest BCUT2D eigenvalue weighted by Crippen LogP contribution is -2.46. The van der Waals surface area contributed by atoms with Crippen molar-refractivity contribution in [3.63, 3.8) is 0 Å². The Kier molecular flexibility index (Phi) is 4.76. The van der Waals surface area contributed by atoms with Gasteiger partial charge in [0.1, 0.15) is 5.75 Å². The molecule has 0 saturated carbocycles. The molecule has 0 atom stereocenters. The third-order valence-electron chi connectivity index (χ3n) is 2.10. The van der Waals surface area contributed by atoms with E-state index in [-0.39, 0.29) is 0 Å². The van der Waals surface area contributed by atoms with E-state index in [9.17, 15) is 39.5 Å². The van der Waals surface area contributed by atoms with E-state index in [1.807, 2.05) is 0 Å². The zero-order valence-electron chi connectivity index (χ0n) is 9.50. The number of hydrogen-bond donors (Lipinski definition) is 0. The zero-order chi connectivity index (χ0) is 16.6. The Morgan fingerprint density at radius 3 is 1.67 bits per heavy atom. The normalized spacial score (nSPS) is 13.7. The highest BCUT2D eigenvalue weighted by atomic mass is 79.9. The molecule has 120 valence electrons. The van der Waals surface area contributed by atoms with E-state index in [2.05, 4.69) is 20.7 Å². The van der Waals surface area contributed by atoms with Gasteiger partial charge in [0.2, 0.25) is 0 Å². The number of halogens is 10. The second-order valence-corrected chi connectivity index (χ2v) is 4.58. The van der Waals surface area contributed by atoms with Crippen molar-refractivity contribution in [3.8, 4) is 5.75 Å². The first-order chi connectivity index (χ1) is 9.23. The molecule has 0 spiro atoms. The van der Waals surface area contributed by atoms with Gasteiger partial charge >= 0.3 is 18.5 Å². The van der Waals surface area contributed by atoms with Crippen molar-refractivity contribution in [2.75, 3.05) is 0 Å². The fourth-order valence-electron chi connectivity index (χ4n) is 1.22. The average Bonchev–Trinajstić information content (AvgIpc) is 2.22. The molecule has 0 bridgehead atoms. The van der Waals surface area contributed by atoms with Crippen LogP contribution in [0, 0.1) is 0 Å². The van der Waals surface area contributed by atoms with E-state index >= 15 is 0 Å². The van der Waals surface area contributed by atoms with Crippen LogP contribution in [0.15, 0.2) is 22.7 Å². The minimum atomic E-state index is -5.76. The standard InChI is InChI=1S/C10H4BrF9O/c11-5-3-4(8(12,13)14)1-2-6(5)21-7(9(15,16)17)10(18,19)20/h1-3,7H. The fourth-order valence-corrected chi connectivity index (χ4v) is 1.69. The molecule has 0 aromatic heterocycles. The van der Waals surface area contributed by atoms with Crippen LogP contribution in [-0.2, 0) is 6.18 Å². The summed E-state index contributed by atoms with van der Waals surface area (Å²) in [5.41, 5.74) is -1.25. The van der Waals surface area contributed by atoms with Crippen LogP contribution in [0.2, 0.25) is 0 Å². The Morgan fingerprint density at radius 2 is 1.33 bits per heavy atom. The van der Waals surface area contributed by atoms with E-state index in [0.717, 1.165) is 0 Å². The van der Waals surface area contributed by atoms with E-state index in [0.29, 0.717) is 18.2 Å². The second-order valence-electron chi connectivity index (χ2n) is 3.72. The molecule has 0 aliphatic carbocycles. The molecule has 0 aliphatic rings. The lowest BCUT2D eigenvalue weighted by Gasteiger charge is -2.24. The zero-order valence-corrected chi connectivity index (χ0v) is 11.1. The minimum Gasteiger partial charge on any atom is -0.470 e. The minimum absolute atomic E-state index is 0.309. The predicted molar refractivity (Wildman–Crippen MR) is 55.7 cm³/mol. The molecule has 0 aliphatic heterocycles. The number of rotatable bonds is 2. The van der Waals surface area contributed by atoms with Crippen molar-refractivity contribution in [1.29, 1.82) is 0 Å². The Bertz CT molecular complexity index is 489. The van der Waals surface area contributed by atoms with E-state index < -0.39 is 40.4 Å². The van der Waals surface area contributed by atoms with Gasteiger partial charge in [-0.15, -0.1) is 0 Å². The molecule has 1 aromatic carbocycles. The Labute approximate surface area is 119 Å². The first-order valence-electron chi connectivity index (χ1n) is 4.90. The third kappa shape index (κ3) is 4.68. The molecule has 11 heteroatoms. The van der Waals surface area contributed by atoms with Gasteiger partial charge in [-0.25, -0.2) is 0 Å². The summed E-state index contributed by atoms with van der Waals surface area (Å²) >= 11 is 2.44. The first-order valence-corrected chi connectivity index (χ1v) is 5.69. The quantitative estimate of drug-likeness (QED) is 0.619. The summed E-state index contributed by atoms with van der Waals surface area (Å²) in [4.78, 5) is 0. The Morgan fingerprint density at radius 1 is 0.857 bits per heavy atom. The smallest absolute Gasteiger partial charge is 0.434 e. The Balaban J connectivity index is 3.12. The highest BCUT2D eigenvalue weighted by molar-refractivity contribution is 9.10. The maximum atomic E-state index is 12.3. The summed E-state index contributed by atoms with van der Waals surface area (Å²) in [6.07, 6.45) is -20.5. The number of benzene rings is 1. The van der Waals surface area contributed by atoms with Crippen molar-refractivity contribution in [1.82, 2.24) is 0 Å². The van der Waals surface area contributed by atoms with Gasteiger partial charge in [0.05, 0.1) is 10.0 Å². The topological polar surface area (TPSA) is 9.23 Å². The SMILES string of the molecule is FC(F)(F)c1ccc(OC(C(F)(F)F)C(F)(F)F)c(Br)c1. The van der Waals surface area contributed by atoms with Gasteiger partial charge in [-0.2, -0.15) is 39.5 Å². The molecule has 0 N–H and O–H groups in total. The van der Waals surface area contributed by atoms with Crippen molar-refractivity contribution in [3.05, 3.63) is 28.2 Å². The van der Waals surface area contributed by atoms with Crippen LogP contribution in [0.5, 0.6) is 5.75 Å². The highest BCUT2D eigenvalue weighted by Crippen LogP contribution is 2.40. The van der Waals surface area contributed by atoms with Crippen LogP contribution in [0.1, 0.15) is 5.56 Å². The number of hydrogen-bond acceptors (Lipinski definition) is 1. The summed E-state index contributed by atoms with van der Waals surface area (Å²) < 4.78 is 114. The average molecular weight is 391 g/mol. The molecule has 0 heterocycles. The molecular formula is C10H4BrF9O. The molecule has 1 nitrogen and oxygen atoms in total. The monoisotopic (exact) mass is 390 g/mol. The van der Waals surface area contributed by atoms with Gasteiger partial charge in [0.25, 0.3) is 6.10 Å². The lowest BCUT2D eigenvalue weighted by atomic mass is 10.2. The van der Waals surface area contributed by atoms with Crippen LogP contribution in [0.25, 0.3) is 0 Å². The van der Waals surface area contributed by atoms with Crippen LogP contribution >= 0.6 is 15.9 Å². The highest BCUT2D eigenvalue weighted by Gasteiger charge is 2.59. The summed E-state index contributed by atoms with van der Waals surface area (Å²) in [6.45, 7) is 0. The van der Waals surface area contributed by atoms with Gasteiger partial charge in [0, 0.05) is 0 Å². The molecule has 0 amide bonds. The number of alkyl halides is 9. The van der Waals surface area contributed by atoms with Crippen LogP contribution in [0.4, 0.5) is 39.5 Å².